The SMILES string of the molecule is CCc1cc(C(C)(C)C)ncc1-c1ccc(F)cc1F. The van der Waals surface area contributed by atoms with E-state index < -0.39 is 11.6 Å². The van der Waals surface area contributed by atoms with Crippen LogP contribution in [0.15, 0.2) is 30.5 Å². The Morgan fingerprint density at radius 1 is 1.05 bits per heavy atom. The highest BCUT2D eigenvalue weighted by atomic mass is 19.1. The number of pyridine rings is 1. The molecule has 1 aromatic carbocycles. The molecular weight excluding hydrogens is 256 g/mol. The van der Waals surface area contributed by atoms with Crippen LogP contribution < -0.4 is 0 Å². The predicted molar refractivity (Wildman–Crippen MR) is 77.7 cm³/mol. The Balaban J connectivity index is 2.57. The van der Waals surface area contributed by atoms with Crippen LogP contribution in [0.2, 0.25) is 0 Å². The predicted octanol–water partition coefficient (Wildman–Crippen LogP) is 4.89. The van der Waals surface area contributed by atoms with Crippen molar-refractivity contribution in [2.24, 2.45) is 0 Å². The monoisotopic (exact) mass is 275 g/mol. The van der Waals surface area contributed by atoms with Gasteiger partial charge in [-0.3, -0.25) is 4.98 Å². The van der Waals surface area contributed by atoms with E-state index >= 15 is 0 Å². The van der Waals surface area contributed by atoms with Gasteiger partial charge in [0, 0.05) is 34.5 Å². The van der Waals surface area contributed by atoms with Crippen molar-refractivity contribution in [3.63, 3.8) is 0 Å². The third-order valence-corrected chi connectivity index (χ3v) is 3.36. The van der Waals surface area contributed by atoms with Crippen LogP contribution in [0, 0.1) is 11.6 Å². The zero-order chi connectivity index (χ0) is 14.9. The first kappa shape index (κ1) is 14.6. The normalized spacial score (nSPS) is 11.7. The molecule has 2 rings (SSSR count). The van der Waals surface area contributed by atoms with Gasteiger partial charge in [0.1, 0.15) is 11.6 Å². The summed E-state index contributed by atoms with van der Waals surface area (Å²) in [5.41, 5.74) is 3.08. The summed E-state index contributed by atoms with van der Waals surface area (Å²) in [4.78, 5) is 4.44. The maximum absolute atomic E-state index is 13.9. The molecular formula is C17H19F2N. The number of aromatic nitrogens is 1. The second kappa shape index (κ2) is 5.31. The molecule has 3 heteroatoms. The fourth-order valence-electron chi connectivity index (χ4n) is 2.15. The van der Waals surface area contributed by atoms with Crippen molar-refractivity contribution in [2.45, 2.75) is 39.5 Å². The molecule has 0 aliphatic rings. The summed E-state index contributed by atoms with van der Waals surface area (Å²) >= 11 is 0. The fraction of sp³-hybridized carbons (Fsp3) is 0.353. The largest absolute Gasteiger partial charge is 0.260 e. The summed E-state index contributed by atoms with van der Waals surface area (Å²) in [6, 6.07) is 5.66. The Labute approximate surface area is 118 Å². The number of halogens is 2. The van der Waals surface area contributed by atoms with Gasteiger partial charge in [0.25, 0.3) is 0 Å². The summed E-state index contributed by atoms with van der Waals surface area (Å²) in [5, 5.41) is 0. The highest BCUT2D eigenvalue weighted by Gasteiger charge is 2.18. The van der Waals surface area contributed by atoms with E-state index in [1.165, 1.54) is 12.1 Å². The molecule has 0 N–H and O–H groups in total. The van der Waals surface area contributed by atoms with E-state index in [9.17, 15) is 8.78 Å². The zero-order valence-electron chi connectivity index (χ0n) is 12.3. The zero-order valence-corrected chi connectivity index (χ0v) is 12.3. The van der Waals surface area contributed by atoms with Gasteiger partial charge < -0.3 is 0 Å². The van der Waals surface area contributed by atoms with Crippen molar-refractivity contribution in [1.29, 1.82) is 0 Å². The number of benzene rings is 1. The quantitative estimate of drug-likeness (QED) is 0.760. The Kier molecular flexibility index (Phi) is 3.89. The molecule has 0 atom stereocenters. The van der Waals surface area contributed by atoms with E-state index in [0.717, 1.165) is 29.3 Å². The molecule has 0 saturated heterocycles. The Morgan fingerprint density at radius 2 is 1.75 bits per heavy atom. The molecule has 106 valence electrons. The number of rotatable bonds is 2. The van der Waals surface area contributed by atoms with Crippen LogP contribution >= 0.6 is 0 Å². The third kappa shape index (κ3) is 2.87. The van der Waals surface area contributed by atoms with Gasteiger partial charge in [-0.1, -0.05) is 27.7 Å². The smallest absolute Gasteiger partial charge is 0.134 e. The van der Waals surface area contributed by atoms with Gasteiger partial charge in [-0.25, -0.2) is 8.78 Å². The van der Waals surface area contributed by atoms with Gasteiger partial charge >= 0.3 is 0 Å². The lowest BCUT2D eigenvalue weighted by molar-refractivity contribution is 0.567. The summed E-state index contributed by atoms with van der Waals surface area (Å²) in [6.45, 7) is 8.29. The van der Waals surface area contributed by atoms with Gasteiger partial charge in [0.05, 0.1) is 0 Å². The van der Waals surface area contributed by atoms with Crippen molar-refractivity contribution >= 4 is 0 Å². The molecule has 1 aromatic heterocycles. The lowest BCUT2D eigenvalue weighted by atomic mass is 9.88. The van der Waals surface area contributed by atoms with E-state index in [0.29, 0.717) is 5.56 Å². The van der Waals surface area contributed by atoms with Gasteiger partial charge in [-0.2, -0.15) is 0 Å². The summed E-state index contributed by atoms with van der Waals surface area (Å²) in [6.07, 6.45) is 2.47. The number of hydrogen-bond donors (Lipinski definition) is 0. The first-order chi connectivity index (χ1) is 9.32. The van der Waals surface area contributed by atoms with E-state index in [1.54, 1.807) is 6.20 Å². The van der Waals surface area contributed by atoms with Crippen molar-refractivity contribution < 1.29 is 8.78 Å². The first-order valence-electron chi connectivity index (χ1n) is 6.77. The minimum Gasteiger partial charge on any atom is -0.260 e. The Morgan fingerprint density at radius 3 is 2.30 bits per heavy atom. The second-order valence-corrected chi connectivity index (χ2v) is 5.95. The molecule has 0 aliphatic heterocycles. The van der Waals surface area contributed by atoms with Crippen LogP contribution in [0.5, 0.6) is 0 Å². The molecule has 1 heterocycles. The lowest BCUT2D eigenvalue weighted by Crippen LogP contribution is -2.14. The van der Waals surface area contributed by atoms with Gasteiger partial charge in [0.2, 0.25) is 0 Å². The first-order valence-corrected chi connectivity index (χ1v) is 6.77. The van der Waals surface area contributed by atoms with E-state index in [2.05, 4.69) is 25.8 Å². The van der Waals surface area contributed by atoms with Crippen LogP contribution in [0.4, 0.5) is 8.78 Å². The molecule has 0 fully saturated rings. The highest BCUT2D eigenvalue weighted by Crippen LogP contribution is 2.30. The molecule has 20 heavy (non-hydrogen) atoms. The molecule has 0 radical (unpaired) electrons. The number of aryl methyl sites for hydroxylation is 1. The van der Waals surface area contributed by atoms with Crippen LogP contribution in [0.25, 0.3) is 11.1 Å². The number of hydrogen-bond acceptors (Lipinski definition) is 1. The average Bonchev–Trinajstić information content (AvgIpc) is 2.37. The van der Waals surface area contributed by atoms with E-state index in [-0.39, 0.29) is 5.41 Å². The molecule has 0 spiro atoms. The van der Waals surface area contributed by atoms with Crippen molar-refractivity contribution in [1.82, 2.24) is 4.98 Å². The molecule has 2 aromatic rings. The molecule has 0 unspecified atom stereocenters. The average molecular weight is 275 g/mol. The maximum atomic E-state index is 13.9. The topological polar surface area (TPSA) is 12.9 Å². The van der Waals surface area contributed by atoms with Crippen molar-refractivity contribution in [2.75, 3.05) is 0 Å². The highest BCUT2D eigenvalue weighted by molar-refractivity contribution is 5.67. The second-order valence-electron chi connectivity index (χ2n) is 5.95. The Bertz CT molecular complexity index is 627. The van der Waals surface area contributed by atoms with Gasteiger partial charge in [-0.15, -0.1) is 0 Å². The van der Waals surface area contributed by atoms with E-state index in [4.69, 9.17) is 0 Å². The molecule has 0 saturated carbocycles. The summed E-state index contributed by atoms with van der Waals surface area (Å²) in [7, 11) is 0. The van der Waals surface area contributed by atoms with Crippen LogP contribution in [0.1, 0.15) is 39.0 Å². The maximum Gasteiger partial charge on any atom is 0.134 e. The number of nitrogens with zero attached hydrogens (tertiary/aromatic N) is 1. The molecule has 0 bridgehead atoms. The minimum absolute atomic E-state index is 0.0518. The summed E-state index contributed by atoms with van der Waals surface area (Å²) in [5.74, 6) is -1.12. The standard InChI is InChI=1S/C17H19F2N/c1-5-11-8-16(17(2,3)4)20-10-14(11)13-7-6-12(18)9-15(13)19/h6-10H,5H2,1-4H3. The molecule has 1 nitrogen and oxygen atoms in total. The molecule has 0 aliphatic carbocycles. The van der Waals surface area contributed by atoms with E-state index in [1.807, 2.05) is 13.0 Å². The van der Waals surface area contributed by atoms with Crippen LogP contribution in [-0.2, 0) is 11.8 Å². The fourth-order valence-corrected chi connectivity index (χ4v) is 2.15. The summed E-state index contributed by atoms with van der Waals surface area (Å²) < 4.78 is 26.9. The van der Waals surface area contributed by atoms with Crippen LogP contribution in [-0.4, -0.2) is 4.98 Å². The van der Waals surface area contributed by atoms with Crippen LogP contribution in [0.3, 0.4) is 0 Å². The minimum atomic E-state index is -0.566. The van der Waals surface area contributed by atoms with Crippen molar-refractivity contribution in [3.8, 4) is 11.1 Å². The molecule has 0 amide bonds. The van der Waals surface area contributed by atoms with Gasteiger partial charge in [0.15, 0.2) is 0 Å². The third-order valence-electron chi connectivity index (χ3n) is 3.36. The Hall–Kier alpha value is -1.77. The lowest BCUT2D eigenvalue weighted by Gasteiger charge is -2.20. The van der Waals surface area contributed by atoms with Crippen molar-refractivity contribution in [3.05, 3.63) is 53.4 Å². The van der Waals surface area contributed by atoms with Gasteiger partial charge in [-0.05, 0) is 30.2 Å².